The van der Waals surface area contributed by atoms with Gasteiger partial charge in [0.05, 0.1) is 18.1 Å². The van der Waals surface area contributed by atoms with Gasteiger partial charge in [0, 0.05) is 6.54 Å². The van der Waals surface area contributed by atoms with E-state index >= 15 is 0 Å². The summed E-state index contributed by atoms with van der Waals surface area (Å²) in [5.74, 6) is -4.87. The summed E-state index contributed by atoms with van der Waals surface area (Å²) < 4.78 is 39.3. The standard InChI is InChI=1S/C13H11F3N4O/c1-2-18-10-6-17-5-9(19-10)13(21)20-8-4-3-7(14)11(15)12(8)16/h3-6H,2H2,1H3,(H,18,19)(H,20,21). The van der Waals surface area contributed by atoms with Crippen LogP contribution in [0.1, 0.15) is 17.4 Å². The second-order valence-corrected chi connectivity index (χ2v) is 4.00. The van der Waals surface area contributed by atoms with Gasteiger partial charge in [-0.2, -0.15) is 0 Å². The van der Waals surface area contributed by atoms with Crippen molar-refractivity contribution in [2.24, 2.45) is 0 Å². The maximum atomic E-state index is 13.5. The minimum absolute atomic E-state index is 0.0856. The van der Waals surface area contributed by atoms with E-state index < -0.39 is 29.0 Å². The monoisotopic (exact) mass is 296 g/mol. The van der Waals surface area contributed by atoms with Crippen molar-refractivity contribution in [2.45, 2.75) is 6.92 Å². The number of hydrogen-bond acceptors (Lipinski definition) is 4. The molecule has 1 amide bonds. The Hall–Kier alpha value is -2.64. The highest BCUT2D eigenvalue weighted by Gasteiger charge is 2.17. The summed E-state index contributed by atoms with van der Waals surface area (Å²) in [4.78, 5) is 19.7. The van der Waals surface area contributed by atoms with Crippen LogP contribution in [0.2, 0.25) is 0 Å². The highest BCUT2D eigenvalue weighted by molar-refractivity contribution is 6.02. The molecule has 21 heavy (non-hydrogen) atoms. The van der Waals surface area contributed by atoms with Gasteiger partial charge >= 0.3 is 0 Å². The number of benzene rings is 1. The topological polar surface area (TPSA) is 66.9 Å². The lowest BCUT2D eigenvalue weighted by Gasteiger charge is -2.08. The maximum Gasteiger partial charge on any atom is 0.276 e. The van der Waals surface area contributed by atoms with Crippen LogP contribution in [-0.4, -0.2) is 22.4 Å². The van der Waals surface area contributed by atoms with Crippen molar-refractivity contribution in [3.05, 3.63) is 47.7 Å². The Morgan fingerprint density at radius 3 is 2.67 bits per heavy atom. The van der Waals surface area contributed by atoms with Crippen LogP contribution in [0.5, 0.6) is 0 Å². The van der Waals surface area contributed by atoms with E-state index in [1.807, 2.05) is 6.92 Å². The second-order valence-electron chi connectivity index (χ2n) is 4.00. The predicted molar refractivity (Wildman–Crippen MR) is 70.5 cm³/mol. The first-order valence-electron chi connectivity index (χ1n) is 6.03. The number of anilines is 2. The number of hydrogen-bond donors (Lipinski definition) is 2. The van der Waals surface area contributed by atoms with Crippen molar-refractivity contribution >= 4 is 17.4 Å². The molecular weight excluding hydrogens is 285 g/mol. The zero-order valence-electron chi connectivity index (χ0n) is 11.0. The molecule has 0 bridgehead atoms. The number of amides is 1. The van der Waals surface area contributed by atoms with Gasteiger partial charge in [-0.05, 0) is 19.1 Å². The summed E-state index contributed by atoms with van der Waals surface area (Å²) in [5, 5.41) is 4.97. The Morgan fingerprint density at radius 1 is 1.19 bits per heavy atom. The van der Waals surface area contributed by atoms with Gasteiger partial charge in [-0.1, -0.05) is 0 Å². The van der Waals surface area contributed by atoms with E-state index in [9.17, 15) is 18.0 Å². The zero-order chi connectivity index (χ0) is 15.4. The number of rotatable bonds is 4. The molecule has 0 unspecified atom stereocenters. The molecular formula is C13H11F3N4O. The van der Waals surface area contributed by atoms with Crippen LogP contribution in [-0.2, 0) is 0 Å². The molecule has 2 aromatic rings. The average Bonchev–Trinajstić information content (AvgIpc) is 2.48. The van der Waals surface area contributed by atoms with E-state index in [-0.39, 0.29) is 5.69 Å². The molecule has 8 heteroatoms. The van der Waals surface area contributed by atoms with E-state index in [2.05, 4.69) is 20.6 Å². The van der Waals surface area contributed by atoms with Gasteiger partial charge in [0.25, 0.3) is 5.91 Å². The first-order valence-corrected chi connectivity index (χ1v) is 6.03. The molecule has 0 atom stereocenters. The van der Waals surface area contributed by atoms with Gasteiger partial charge in [-0.3, -0.25) is 9.78 Å². The number of halogens is 3. The van der Waals surface area contributed by atoms with Gasteiger partial charge in [0.2, 0.25) is 0 Å². The van der Waals surface area contributed by atoms with Crippen molar-refractivity contribution in [3.8, 4) is 0 Å². The van der Waals surface area contributed by atoms with Crippen LogP contribution in [0, 0.1) is 17.5 Å². The number of carbonyl (C=O) groups is 1. The van der Waals surface area contributed by atoms with Crippen LogP contribution < -0.4 is 10.6 Å². The lowest BCUT2D eigenvalue weighted by Crippen LogP contribution is -2.16. The molecule has 110 valence electrons. The third-order valence-corrected chi connectivity index (χ3v) is 2.51. The average molecular weight is 296 g/mol. The third kappa shape index (κ3) is 3.28. The van der Waals surface area contributed by atoms with Crippen molar-refractivity contribution in [1.82, 2.24) is 9.97 Å². The Labute approximate surface area is 118 Å². The Kier molecular flexibility index (Phi) is 4.36. The van der Waals surface area contributed by atoms with Crippen LogP contribution in [0.3, 0.4) is 0 Å². The van der Waals surface area contributed by atoms with Gasteiger partial charge in [0.1, 0.15) is 11.5 Å². The van der Waals surface area contributed by atoms with Gasteiger partial charge in [0.15, 0.2) is 17.5 Å². The fourth-order valence-corrected chi connectivity index (χ4v) is 1.55. The largest absolute Gasteiger partial charge is 0.369 e. The zero-order valence-corrected chi connectivity index (χ0v) is 11.0. The molecule has 0 saturated carbocycles. The highest BCUT2D eigenvalue weighted by Crippen LogP contribution is 2.20. The molecule has 0 aliphatic heterocycles. The molecule has 0 spiro atoms. The summed E-state index contributed by atoms with van der Waals surface area (Å²) in [7, 11) is 0. The van der Waals surface area contributed by atoms with Crippen molar-refractivity contribution in [3.63, 3.8) is 0 Å². The maximum absolute atomic E-state index is 13.5. The van der Waals surface area contributed by atoms with E-state index in [1.165, 1.54) is 12.4 Å². The molecule has 0 fully saturated rings. The van der Waals surface area contributed by atoms with E-state index in [1.54, 1.807) is 0 Å². The lowest BCUT2D eigenvalue weighted by atomic mass is 10.2. The van der Waals surface area contributed by atoms with E-state index in [0.29, 0.717) is 12.4 Å². The predicted octanol–water partition coefficient (Wildman–Crippen LogP) is 2.58. The molecule has 5 nitrogen and oxygen atoms in total. The molecule has 1 aromatic carbocycles. The summed E-state index contributed by atoms with van der Waals surface area (Å²) in [5.41, 5.74) is -0.563. The minimum atomic E-state index is -1.65. The van der Waals surface area contributed by atoms with Crippen LogP contribution in [0.4, 0.5) is 24.7 Å². The summed E-state index contributed by atoms with van der Waals surface area (Å²) in [6.07, 6.45) is 2.59. The van der Waals surface area contributed by atoms with Gasteiger partial charge in [-0.25, -0.2) is 18.2 Å². The Bertz CT molecular complexity index is 678. The normalized spacial score (nSPS) is 10.3. The first kappa shape index (κ1) is 14.8. The van der Waals surface area contributed by atoms with Crippen molar-refractivity contribution < 1.29 is 18.0 Å². The molecule has 1 aromatic heterocycles. The highest BCUT2D eigenvalue weighted by atomic mass is 19.2. The summed E-state index contributed by atoms with van der Waals surface area (Å²) in [6, 6.07) is 1.64. The molecule has 0 saturated heterocycles. The quantitative estimate of drug-likeness (QED) is 0.851. The number of nitrogens with zero attached hydrogens (tertiary/aromatic N) is 2. The third-order valence-electron chi connectivity index (χ3n) is 2.51. The Balaban J connectivity index is 2.22. The molecule has 0 radical (unpaired) electrons. The molecule has 1 heterocycles. The van der Waals surface area contributed by atoms with E-state index in [0.717, 1.165) is 12.1 Å². The minimum Gasteiger partial charge on any atom is -0.369 e. The van der Waals surface area contributed by atoms with Gasteiger partial charge in [-0.15, -0.1) is 0 Å². The van der Waals surface area contributed by atoms with Gasteiger partial charge < -0.3 is 10.6 Å². The first-order chi connectivity index (χ1) is 10.0. The number of nitrogens with one attached hydrogen (secondary N) is 2. The lowest BCUT2D eigenvalue weighted by molar-refractivity contribution is 0.102. The molecule has 2 rings (SSSR count). The molecule has 0 aliphatic rings. The van der Waals surface area contributed by atoms with Crippen molar-refractivity contribution in [1.29, 1.82) is 0 Å². The Morgan fingerprint density at radius 2 is 1.95 bits per heavy atom. The van der Waals surface area contributed by atoms with Crippen LogP contribution in [0.15, 0.2) is 24.5 Å². The number of carbonyl (C=O) groups excluding carboxylic acids is 1. The SMILES string of the molecule is CCNc1cncc(C(=O)Nc2ccc(F)c(F)c2F)n1. The van der Waals surface area contributed by atoms with Crippen LogP contribution in [0.25, 0.3) is 0 Å². The molecule has 2 N–H and O–H groups in total. The van der Waals surface area contributed by atoms with E-state index in [4.69, 9.17) is 0 Å². The fraction of sp³-hybridized carbons (Fsp3) is 0.154. The number of aromatic nitrogens is 2. The summed E-state index contributed by atoms with van der Waals surface area (Å²) in [6.45, 7) is 2.42. The molecule has 0 aliphatic carbocycles. The fourth-order valence-electron chi connectivity index (χ4n) is 1.55. The van der Waals surface area contributed by atoms with Crippen LogP contribution >= 0.6 is 0 Å². The smallest absolute Gasteiger partial charge is 0.276 e. The van der Waals surface area contributed by atoms with Crippen molar-refractivity contribution in [2.75, 3.05) is 17.2 Å². The summed E-state index contributed by atoms with van der Waals surface area (Å²) >= 11 is 0. The second kappa shape index (κ2) is 6.21.